The van der Waals surface area contributed by atoms with Crippen LogP contribution in [0, 0.1) is 6.92 Å². The highest BCUT2D eigenvalue weighted by atomic mass is 16.2. The van der Waals surface area contributed by atoms with Gasteiger partial charge in [-0.2, -0.15) is 0 Å². The molecule has 3 aromatic rings. The van der Waals surface area contributed by atoms with Crippen LogP contribution in [0.5, 0.6) is 0 Å². The van der Waals surface area contributed by atoms with Gasteiger partial charge >= 0.3 is 0 Å². The van der Waals surface area contributed by atoms with Crippen LogP contribution in [0.3, 0.4) is 0 Å². The van der Waals surface area contributed by atoms with Crippen molar-refractivity contribution in [3.05, 3.63) is 89.7 Å². The van der Waals surface area contributed by atoms with Crippen LogP contribution in [-0.4, -0.2) is 22.8 Å². The van der Waals surface area contributed by atoms with Gasteiger partial charge in [-0.1, -0.05) is 29.8 Å². The molecule has 0 aliphatic heterocycles. The number of pyridine rings is 1. The zero-order valence-electron chi connectivity index (χ0n) is 16.8. The Morgan fingerprint density at radius 3 is 2.43 bits per heavy atom. The van der Waals surface area contributed by atoms with Crippen LogP contribution in [0.4, 0.5) is 11.4 Å². The quantitative estimate of drug-likeness (QED) is 0.448. The number of carbonyl (C=O) groups excluding carboxylic acids is 2. The number of hydrogen-bond donors (Lipinski definition) is 3. The van der Waals surface area contributed by atoms with E-state index >= 15 is 0 Å². The predicted octanol–water partition coefficient (Wildman–Crippen LogP) is 3.75. The Hall–Kier alpha value is -4.00. The zero-order valence-corrected chi connectivity index (χ0v) is 16.8. The summed E-state index contributed by atoms with van der Waals surface area (Å²) in [4.78, 5) is 32.8. The molecule has 0 spiro atoms. The van der Waals surface area contributed by atoms with Gasteiger partial charge in [0.15, 0.2) is 0 Å². The summed E-state index contributed by atoms with van der Waals surface area (Å²) in [5.41, 5.74) is 3.66. The van der Waals surface area contributed by atoms with E-state index < -0.39 is 0 Å². The van der Waals surface area contributed by atoms with E-state index in [-0.39, 0.29) is 11.8 Å². The van der Waals surface area contributed by atoms with Gasteiger partial charge in [0.25, 0.3) is 5.91 Å². The van der Waals surface area contributed by atoms with Gasteiger partial charge in [-0.15, -0.1) is 0 Å². The van der Waals surface area contributed by atoms with Gasteiger partial charge in [0, 0.05) is 30.1 Å². The number of nitrogens with zero attached hydrogens (tertiary/aromatic N) is 2. The topological polar surface area (TPSA) is 95.5 Å². The van der Waals surface area contributed by atoms with Crippen molar-refractivity contribution in [1.82, 2.24) is 10.3 Å². The molecule has 0 unspecified atom stereocenters. The predicted molar refractivity (Wildman–Crippen MR) is 118 cm³/mol. The number of guanidine groups is 1. The first-order chi connectivity index (χ1) is 14.5. The molecule has 0 aliphatic rings. The van der Waals surface area contributed by atoms with E-state index in [1.807, 2.05) is 49.4 Å². The summed E-state index contributed by atoms with van der Waals surface area (Å²) in [6.45, 7) is 3.73. The average Bonchev–Trinajstić information content (AvgIpc) is 2.74. The van der Waals surface area contributed by atoms with E-state index in [4.69, 9.17) is 0 Å². The third kappa shape index (κ3) is 6.27. The molecule has 0 aliphatic carbocycles. The molecule has 0 fully saturated rings. The van der Waals surface area contributed by atoms with Crippen molar-refractivity contribution < 1.29 is 9.59 Å². The Morgan fingerprint density at radius 2 is 1.73 bits per heavy atom. The molecule has 1 heterocycles. The summed E-state index contributed by atoms with van der Waals surface area (Å²) in [5.74, 6) is -0.243. The normalized spacial score (nSPS) is 10.9. The number of aliphatic imine (C=N–C) groups is 1. The lowest BCUT2D eigenvalue weighted by Gasteiger charge is -2.13. The van der Waals surface area contributed by atoms with Crippen molar-refractivity contribution in [3.63, 3.8) is 0 Å². The summed E-state index contributed by atoms with van der Waals surface area (Å²) in [7, 11) is 0. The van der Waals surface area contributed by atoms with Crippen molar-refractivity contribution in [3.8, 4) is 0 Å². The van der Waals surface area contributed by atoms with Gasteiger partial charge in [0.05, 0.1) is 12.2 Å². The number of benzene rings is 2. The van der Waals surface area contributed by atoms with Crippen molar-refractivity contribution in [2.24, 2.45) is 4.99 Å². The van der Waals surface area contributed by atoms with Gasteiger partial charge in [0.1, 0.15) is 0 Å². The van der Waals surface area contributed by atoms with E-state index in [1.54, 1.807) is 30.5 Å². The summed E-state index contributed by atoms with van der Waals surface area (Å²) in [5, 5.41) is 8.62. The molecule has 0 atom stereocenters. The maximum absolute atomic E-state index is 12.8. The molecule has 152 valence electrons. The van der Waals surface area contributed by atoms with Crippen LogP contribution in [-0.2, 0) is 11.3 Å². The molecule has 3 rings (SSSR count). The molecule has 0 saturated heterocycles. The van der Waals surface area contributed by atoms with Crippen LogP contribution < -0.4 is 16.0 Å². The number of amides is 2. The third-order valence-corrected chi connectivity index (χ3v) is 4.12. The Kier molecular flexibility index (Phi) is 6.89. The van der Waals surface area contributed by atoms with Crippen LogP contribution in [0.15, 0.2) is 77.9 Å². The molecule has 7 heteroatoms. The molecule has 7 nitrogen and oxygen atoms in total. The van der Waals surface area contributed by atoms with E-state index in [2.05, 4.69) is 25.9 Å². The number of aryl methyl sites for hydroxylation is 1. The lowest BCUT2D eigenvalue weighted by Crippen LogP contribution is -2.36. The fourth-order valence-corrected chi connectivity index (χ4v) is 2.66. The minimum Gasteiger partial charge on any atom is -0.326 e. The maximum Gasteiger partial charge on any atom is 0.258 e. The molecule has 0 saturated carbocycles. The van der Waals surface area contributed by atoms with Gasteiger partial charge in [-0.25, -0.2) is 4.99 Å². The number of rotatable bonds is 5. The summed E-state index contributed by atoms with van der Waals surface area (Å²) < 4.78 is 0. The molecule has 30 heavy (non-hydrogen) atoms. The van der Waals surface area contributed by atoms with Gasteiger partial charge < -0.3 is 10.6 Å². The second-order valence-electron chi connectivity index (χ2n) is 6.69. The Labute approximate surface area is 175 Å². The van der Waals surface area contributed by atoms with Gasteiger partial charge in [-0.05, 0) is 49.4 Å². The molecule has 0 bridgehead atoms. The minimum atomic E-state index is -0.346. The molecule has 2 amide bonds. The molecular formula is C23H23N5O2. The van der Waals surface area contributed by atoms with Crippen molar-refractivity contribution >= 4 is 29.1 Å². The van der Waals surface area contributed by atoms with Crippen molar-refractivity contribution in [1.29, 1.82) is 0 Å². The number of nitrogens with one attached hydrogen (secondary N) is 3. The number of anilines is 2. The monoisotopic (exact) mass is 401 g/mol. The summed E-state index contributed by atoms with van der Waals surface area (Å²) in [6, 6.07) is 20.1. The molecule has 1 aromatic heterocycles. The second kappa shape index (κ2) is 9.97. The lowest BCUT2D eigenvalue weighted by atomic mass is 10.2. The molecule has 2 aromatic carbocycles. The lowest BCUT2D eigenvalue weighted by molar-refractivity contribution is -0.114. The van der Waals surface area contributed by atoms with E-state index in [9.17, 15) is 9.59 Å². The largest absolute Gasteiger partial charge is 0.326 e. The SMILES string of the molecule is CC(=O)Nc1cccc(C(=O)NC(=NCc2ccccn2)Nc2ccc(C)cc2)c1. The van der Waals surface area contributed by atoms with Crippen LogP contribution in [0.25, 0.3) is 0 Å². The average molecular weight is 401 g/mol. The fraction of sp³-hybridized carbons (Fsp3) is 0.130. The first-order valence-corrected chi connectivity index (χ1v) is 9.46. The highest BCUT2D eigenvalue weighted by molar-refractivity contribution is 6.10. The first-order valence-electron chi connectivity index (χ1n) is 9.46. The summed E-state index contributed by atoms with van der Waals surface area (Å²) >= 11 is 0. The number of carbonyl (C=O) groups is 2. The smallest absolute Gasteiger partial charge is 0.258 e. The highest BCUT2D eigenvalue weighted by Crippen LogP contribution is 2.12. The van der Waals surface area contributed by atoms with Crippen LogP contribution in [0.2, 0.25) is 0 Å². The Morgan fingerprint density at radius 1 is 0.933 bits per heavy atom. The third-order valence-electron chi connectivity index (χ3n) is 4.12. The summed E-state index contributed by atoms with van der Waals surface area (Å²) in [6.07, 6.45) is 1.70. The van der Waals surface area contributed by atoms with Crippen molar-refractivity contribution in [2.75, 3.05) is 10.6 Å². The second-order valence-corrected chi connectivity index (χ2v) is 6.69. The van der Waals surface area contributed by atoms with E-state index in [0.717, 1.165) is 16.9 Å². The Balaban J connectivity index is 1.79. The van der Waals surface area contributed by atoms with Crippen LogP contribution >= 0.6 is 0 Å². The van der Waals surface area contributed by atoms with E-state index in [0.29, 0.717) is 23.8 Å². The first kappa shape index (κ1) is 20.7. The fourth-order valence-electron chi connectivity index (χ4n) is 2.66. The standard InChI is InChI=1S/C23H23N5O2/c1-16-9-11-19(12-10-16)27-23(25-15-21-7-3-4-13-24-21)28-22(30)18-6-5-8-20(14-18)26-17(2)29/h3-14H,15H2,1-2H3,(H,26,29)(H2,25,27,28,30). The minimum absolute atomic E-state index is 0.203. The molecule has 3 N–H and O–H groups in total. The van der Waals surface area contributed by atoms with Crippen molar-refractivity contribution in [2.45, 2.75) is 20.4 Å². The van der Waals surface area contributed by atoms with Crippen LogP contribution in [0.1, 0.15) is 28.5 Å². The molecule has 0 radical (unpaired) electrons. The highest BCUT2D eigenvalue weighted by Gasteiger charge is 2.11. The van der Waals surface area contributed by atoms with Gasteiger partial charge in [-0.3, -0.25) is 19.9 Å². The zero-order chi connectivity index (χ0) is 21.3. The van der Waals surface area contributed by atoms with Gasteiger partial charge in [0.2, 0.25) is 11.9 Å². The van der Waals surface area contributed by atoms with E-state index in [1.165, 1.54) is 6.92 Å². The molecular weight excluding hydrogens is 378 g/mol. The Bertz CT molecular complexity index is 1050. The number of aromatic nitrogens is 1. The maximum atomic E-state index is 12.8. The number of hydrogen-bond acceptors (Lipinski definition) is 4.